The zero-order valence-corrected chi connectivity index (χ0v) is 29.5. The fourth-order valence-electron chi connectivity index (χ4n) is 6.50. The van der Waals surface area contributed by atoms with Crippen LogP contribution in [0.15, 0.2) is 91.0 Å². The van der Waals surface area contributed by atoms with E-state index in [0.717, 1.165) is 45.4 Å². The van der Waals surface area contributed by atoms with E-state index >= 15 is 0 Å². The number of fused-ring (bicyclic) bond motifs is 1. The van der Waals surface area contributed by atoms with Crippen LogP contribution in [0.1, 0.15) is 49.3 Å². The predicted molar refractivity (Wildman–Crippen MR) is 193 cm³/mol. The molecule has 51 heavy (non-hydrogen) atoms. The molecular formula is C41H49NO9. The number of likely N-dealkylation sites (tertiary alicyclic amines) is 1. The minimum Gasteiger partial charge on any atom is -0.494 e. The summed E-state index contributed by atoms with van der Waals surface area (Å²) in [6.07, 6.45) is 0.219. The van der Waals surface area contributed by atoms with Gasteiger partial charge in [0.25, 0.3) is 0 Å². The SMILES string of the molecule is CC1(C)OC[C@H](COCCOc2ccc3cc(CO[C@H]4CN(C(=O)O)CC[C@@H]4c4ccc(OCCCOCc5ccccc5)cc4)ccc3c2)O1. The first kappa shape index (κ1) is 36.6. The average Bonchev–Trinajstić information content (AvgIpc) is 3.50. The van der Waals surface area contributed by atoms with Gasteiger partial charge in [0.2, 0.25) is 0 Å². The molecule has 6 rings (SSSR count). The molecule has 3 atom stereocenters. The number of piperidine rings is 1. The van der Waals surface area contributed by atoms with Gasteiger partial charge in [0.05, 0.1) is 58.9 Å². The van der Waals surface area contributed by atoms with Crippen molar-refractivity contribution in [2.75, 3.05) is 52.7 Å². The molecule has 4 aromatic carbocycles. The van der Waals surface area contributed by atoms with Crippen LogP contribution in [-0.4, -0.2) is 86.8 Å². The largest absolute Gasteiger partial charge is 0.494 e. The molecule has 0 unspecified atom stereocenters. The topological polar surface area (TPSA) is 105 Å². The number of hydrogen-bond donors (Lipinski definition) is 1. The molecule has 2 saturated heterocycles. The van der Waals surface area contributed by atoms with E-state index in [-0.39, 0.29) is 18.1 Å². The summed E-state index contributed by atoms with van der Waals surface area (Å²) in [6.45, 7) is 8.66. The van der Waals surface area contributed by atoms with Gasteiger partial charge in [0.15, 0.2) is 5.79 Å². The van der Waals surface area contributed by atoms with E-state index < -0.39 is 11.9 Å². The Hall–Kier alpha value is -4.19. The van der Waals surface area contributed by atoms with Crippen LogP contribution in [0.25, 0.3) is 10.8 Å². The van der Waals surface area contributed by atoms with E-state index in [2.05, 4.69) is 36.4 Å². The summed E-state index contributed by atoms with van der Waals surface area (Å²) in [6, 6.07) is 30.5. The molecule has 1 amide bonds. The summed E-state index contributed by atoms with van der Waals surface area (Å²) in [5, 5.41) is 11.9. The Balaban J connectivity index is 0.967. The second-order valence-corrected chi connectivity index (χ2v) is 13.5. The Kier molecular flexibility index (Phi) is 12.8. The van der Waals surface area contributed by atoms with Crippen LogP contribution >= 0.6 is 0 Å². The Morgan fingerprint density at radius 1 is 0.824 bits per heavy atom. The van der Waals surface area contributed by atoms with E-state index in [4.69, 9.17) is 33.2 Å². The van der Waals surface area contributed by atoms with Gasteiger partial charge in [-0.05, 0) is 78.1 Å². The van der Waals surface area contributed by atoms with Gasteiger partial charge in [-0.15, -0.1) is 0 Å². The van der Waals surface area contributed by atoms with Gasteiger partial charge < -0.3 is 43.2 Å². The van der Waals surface area contributed by atoms with Crippen molar-refractivity contribution in [2.24, 2.45) is 0 Å². The molecule has 10 nitrogen and oxygen atoms in total. The fourth-order valence-corrected chi connectivity index (χ4v) is 6.50. The standard InChI is InChI=1S/C41H49NO9/c1-41(2)50-29-37(51-41)28-46-21-22-48-36-16-13-33-23-31(9-10-34(33)24-36)27-49-39-25-42(40(43)44)18-17-38(39)32-11-14-35(15-12-32)47-20-6-19-45-26-30-7-4-3-5-8-30/h3-5,7-16,23-24,37-39H,6,17-22,25-29H2,1-2H3,(H,43,44)/t37-,38+,39-/m0/s1. The van der Waals surface area contributed by atoms with Gasteiger partial charge in [-0.25, -0.2) is 4.79 Å². The monoisotopic (exact) mass is 699 g/mol. The summed E-state index contributed by atoms with van der Waals surface area (Å²) in [7, 11) is 0. The fraction of sp³-hybridized carbons (Fsp3) is 0.439. The quantitative estimate of drug-likeness (QED) is 0.113. The number of rotatable bonds is 17. The summed E-state index contributed by atoms with van der Waals surface area (Å²) in [4.78, 5) is 13.3. The average molecular weight is 700 g/mol. The highest BCUT2D eigenvalue weighted by Gasteiger charge is 2.34. The van der Waals surface area contributed by atoms with Gasteiger partial charge >= 0.3 is 6.09 Å². The summed E-state index contributed by atoms with van der Waals surface area (Å²) in [5.41, 5.74) is 3.30. The third-order valence-corrected chi connectivity index (χ3v) is 9.16. The van der Waals surface area contributed by atoms with E-state index in [1.54, 1.807) is 0 Å². The van der Waals surface area contributed by atoms with Crippen LogP contribution in [0, 0.1) is 0 Å². The number of hydrogen-bond acceptors (Lipinski definition) is 8. The number of benzene rings is 4. The van der Waals surface area contributed by atoms with Crippen molar-refractivity contribution in [3.05, 3.63) is 108 Å². The zero-order valence-electron chi connectivity index (χ0n) is 29.5. The molecule has 2 aliphatic heterocycles. The number of amides is 1. The normalized spacial score (nSPS) is 20.0. The van der Waals surface area contributed by atoms with Crippen LogP contribution in [0.2, 0.25) is 0 Å². The van der Waals surface area contributed by atoms with Crippen molar-refractivity contribution in [2.45, 2.75) is 63.8 Å². The third-order valence-electron chi connectivity index (χ3n) is 9.16. The molecule has 1 N–H and O–H groups in total. The zero-order chi connectivity index (χ0) is 35.5. The van der Waals surface area contributed by atoms with Gasteiger partial charge in [-0.2, -0.15) is 0 Å². The number of carbonyl (C=O) groups is 1. The lowest BCUT2D eigenvalue weighted by atomic mass is 9.87. The second-order valence-electron chi connectivity index (χ2n) is 13.5. The van der Waals surface area contributed by atoms with Crippen LogP contribution in [0.4, 0.5) is 4.79 Å². The van der Waals surface area contributed by atoms with E-state index in [1.807, 2.05) is 68.4 Å². The maximum Gasteiger partial charge on any atom is 0.407 e. The van der Waals surface area contributed by atoms with E-state index in [9.17, 15) is 9.90 Å². The van der Waals surface area contributed by atoms with E-state index in [1.165, 1.54) is 4.90 Å². The summed E-state index contributed by atoms with van der Waals surface area (Å²) < 4.78 is 41.2. The molecule has 0 aliphatic carbocycles. The number of nitrogens with zero attached hydrogens (tertiary/aromatic N) is 1. The maximum absolute atomic E-state index is 11.9. The molecule has 2 heterocycles. The van der Waals surface area contributed by atoms with Crippen LogP contribution in [0.3, 0.4) is 0 Å². The Morgan fingerprint density at radius 2 is 1.59 bits per heavy atom. The molecule has 0 saturated carbocycles. The molecule has 10 heteroatoms. The molecular weight excluding hydrogens is 650 g/mol. The van der Waals surface area contributed by atoms with Crippen molar-refractivity contribution < 1.29 is 43.1 Å². The van der Waals surface area contributed by atoms with Crippen molar-refractivity contribution in [3.8, 4) is 11.5 Å². The van der Waals surface area contributed by atoms with Crippen LogP contribution in [-0.2, 0) is 36.9 Å². The van der Waals surface area contributed by atoms with Gasteiger partial charge in [0.1, 0.15) is 24.2 Å². The first-order valence-corrected chi connectivity index (χ1v) is 17.8. The van der Waals surface area contributed by atoms with Crippen LogP contribution < -0.4 is 9.47 Å². The molecule has 0 spiro atoms. The highest BCUT2D eigenvalue weighted by Crippen LogP contribution is 2.33. The van der Waals surface area contributed by atoms with E-state index in [0.29, 0.717) is 72.4 Å². The molecule has 0 bridgehead atoms. The number of carboxylic acid groups (broad SMARTS) is 1. The smallest absolute Gasteiger partial charge is 0.407 e. The highest BCUT2D eigenvalue weighted by molar-refractivity contribution is 5.84. The minimum absolute atomic E-state index is 0.0574. The van der Waals surface area contributed by atoms with Crippen molar-refractivity contribution >= 4 is 16.9 Å². The number of ether oxygens (including phenoxy) is 7. The van der Waals surface area contributed by atoms with Crippen molar-refractivity contribution in [1.82, 2.24) is 4.90 Å². The van der Waals surface area contributed by atoms with Gasteiger partial charge in [0, 0.05) is 18.9 Å². The van der Waals surface area contributed by atoms with Gasteiger partial charge in [-0.3, -0.25) is 0 Å². The van der Waals surface area contributed by atoms with Crippen molar-refractivity contribution in [3.63, 3.8) is 0 Å². The third kappa shape index (κ3) is 10.9. The minimum atomic E-state index is -0.921. The maximum atomic E-state index is 11.9. The molecule has 0 radical (unpaired) electrons. The Morgan fingerprint density at radius 3 is 2.37 bits per heavy atom. The first-order chi connectivity index (χ1) is 24.8. The van der Waals surface area contributed by atoms with Crippen LogP contribution in [0.5, 0.6) is 11.5 Å². The summed E-state index contributed by atoms with van der Waals surface area (Å²) in [5.74, 6) is 1.09. The van der Waals surface area contributed by atoms with Crippen molar-refractivity contribution in [1.29, 1.82) is 0 Å². The second kappa shape index (κ2) is 17.8. The molecule has 0 aromatic heterocycles. The molecule has 2 aliphatic rings. The molecule has 4 aromatic rings. The lowest BCUT2D eigenvalue weighted by Crippen LogP contribution is -2.46. The lowest BCUT2D eigenvalue weighted by molar-refractivity contribution is -0.145. The molecule has 272 valence electrons. The first-order valence-electron chi connectivity index (χ1n) is 17.8. The lowest BCUT2D eigenvalue weighted by Gasteiger charge is -2.37. The Bertz CT molecular complexity index is 1680. The highest BCUT2D eigenvalue weighted by atomic mass is 16.7. The summed E-state index contributed by atoms with van der Waals surface area (Å²) >= 11 is 0. The predicted octanol–water partition coefficient (Wildman–Crippen LogP) is 7.43. The Labute approximate surface area is 300 Å². The molecule has 2 fully saturated rings. The van der Waals surface area contributed by atoms with Gasteiger partial charge in [-0.1, -0.05) is 60.7 Å².